The third-order valence-corrected chi connectivity index (χ3v) is 17.7. The molecule has 1 heterocycles. The first kappa shape index (κ1) is 37.7. The van der Waals surface area contributed by atoms with E-state index in [-0.39, 0.29) is 0 Å². The Hall–Kier alpha value is -7.27. The first-order valence-corrected chi connectivity index (χ1v) is 24.3. The molecule has 0 aliphatic rings. The maximum absolute atomic E-state index is 6.37. The van der Waals surface area contributed by atoms with Gasteiger partial charge in [0.25, 0.3) is 0 Å². The summed E-state index contributed by atoms with van der Waals surface area (Å²) >= 11 is -2.14. The number of halogens is 1. The van der Waals surface area contributed by atoms with E-state index in [2.05, 4.69) is 237 Å². The van der Waals surface area contributed by atoms with E-state index < -0.39 is 19.8 Å². The van der Waals surface area contributed by atoms with Crippen molar-refractivity contribution in [3.05, 3.63) is 259 Å². The average molecular weight is 905 g/mol. The van der Waals surface area contributed by atoms with Gasteiger partial charge in [-0.2, -0.15) is 0 Å². The number of rotatable bonds is 9. The number of fused-ring (bicyclic) bond motifs is 3. The summed E-state index contributed by atoms with van der Waals surface area (Å²) in [5, 5.41) is 2.30. The Kier molecular flexibility index (Phi) is 10.1. The summed E-state index contributed by atoms with van der Waals surface area (Å²) < 4.78 is 10.6. The van der Waals surface area contributed by atoms with Gasteiger partial charge < -0.3 is 0 Å². The van der Waals surface area contributed by atoms with Crippen molar-refractivity contribution >= 4 is 41.8 Å². The van der Waals surface area contributed by atoms with Crippen LogP contribution < -0.4 is 0 Å². The van der Waals surface area contributed by atoms with Gasteiger partial charge in [-0.1, -0.05) is 18.2 Å². The maximum atomic E-state index is 6.37. The Morgan fingerprint density at radius 1 is 0.226 bits per heavy atom. The molecule has 62 heavy (non-hydrogen) atoms. The molecule has 0 radical (unpaired) electrons. The Bertz CT molecular complexity index is 3170. The fourth-order valence-corrected chi connectivity index (χ4v) is 14.1. The van der Waals surface area contributed by atoms with Crippen LogP contribution in [-0.2, 0) is 0 Å². The number of para-hydroxylation sites is 2. The van der Waals surface area contributed by atoms with Crippen molar-refractivity contribution in [1.82, 2.24) is 0 Å². The van der Waals surface area contributed by atoms with Gasteiger partial charge in [0.2, 0.25) is 0 Å². The van der Waals surface area contributed by atoms with E-state index in [1.54, 1.807) is 0 Å². The minimum atomic E-state index is -2.14. The Morgan fingerprint density at radius 3 is 1.03 bits per heavy atom. The average Bonchev–Trinajstić information content (AvgIpc) is 3.75. The second kappa shape index (κ2) is 16.6. The molecule has 0 amide bonds. The van der Waals surface area contributed by atoms with Gasteiger partial charge in [-0.25, -0.2) is 0 Å². The third kappa shape index (κ3) is 7.23. The van der Waals surface area contributed by atoms with E-state index in [0.29, 0.717) is 0 Å². The van der Waals surface area contributed by atoms with Crippen LogP contribution in [0.4, 0.5) is 0 Å². The molecule has 0 saturated carbocycles. The number of benzene rings is 10. The van der Waals surface area contributed by atoms with Gasteiger partial charge in [0.15, 0.2) is 0 Å². The zero-order chi connectivity index (χ0) is 41.2. The van der Waals surface area contributed by atoms with Gasteiger partial charge in [0.1, 0.15) is 0 Å². The number of furan rings is 1. The van der Waals surface area contributed by atoms with E-state index in [0.717, 1.165) is 33.1 Å². The van der Waals surface area contributed by atoms with Crippen LogP contribution in [0.25, 0.3) is 88.7 Å². The summed E-state index contributed by atoms with van der Waals surface area (Å²) in [6.45, 7) is 0. The van der Waals surface area contributed by atoms with Crippen molar-refractivity contribution in [2.75, 3.05) is 0 Å². The fraction of sp³-hybridized carbons (Fsp3) is 0. The normalized spacial score (nSPS) is 11.5. The van der Waals surface area contributed by atoms with Gasteiger partial charge in [0, 0.05) is 0 Å². The number of hydrogen-bond donors (Lipinski definition) is 0. The molecule has 0 bridgehead atoms. The molecule has 294 valence electrons. The SMILES string of the molecule is c1ccc(-c2ccccc2-c2ccc(I(c3ccc(-c4ccc(-c5cccc6c5oc5ccccc56)cc4)cc3)c3ccc(-c4ccccc4-c4ccccc4)cc3)cc2)cc1. The van der Waals surface area contributed by atoms with E-state index in [1.807, 2.05) is 12.1 Å². The molecule has 0 N–H and O–H groups in total. The van der Waals surface area contributed by atoms with Crippen LogP contribution in [0.1, 0.15) is 0 Å². The van der Waals surface area contributed by atoms with E-state index >= 15 is 0 Å². The predicted molar refractivity (Wildman–Crippen MR) is 269 cm³/mol. The molecule has 10 aromatic carbocycles. The van der Waals surface area contributed by atoms with Crippen LogP contribution in [0.3, 0.4) is 0 Å². The Balaban J connectivity index is 0.940. The van der Waals surface area contributed by atoms with Gasteiger partial charge in [0.05, 0.1) is 0 Å². The zero-order valence-corrected chi connectivity index (χ0v) is 36.1. The van der Waals surface area contributed by atoms with Gasteiger partial charge >= 0.3 is 348 Å². The molecular formula is C60H41IO. The van der Waals surface area contributed by atoms with Crippen molar-refractivity contribution in [3.8, 4) is 66.8 Å². The van der Waals surface area contributed by atoms with Crippen LogP contribution >= 0.6 is 19.8 Å². The molecule has 0 unspecified atom stereocenters. The molecule has 11 rings (SSSR count). The van der Waals surface area contributed by atoms with Crippen LogP contribution in [0, 0.1) is 10.7 Å². The first-order chi connectivity index (χ1) is 30.7. The predicted octanol–water partition coefficient (Wildman–Crippen LogP) is 17.0. The molecule has 0 spiro atoms. The van der Waals surface area contributed by atoms with Crippen molar-refractivity contribution in [2.45, 2.75) is 0 Å². The van der Waals surface area contributed by atoms with E-state index in [1.165, 1.54) is 66.3 Å². The quantitative estimate of drug-likeness (QED) is 0.132. The van der Waals surface area contributed by atoms with E-state index in [4.69, 9.17) is 4.42 Å². The second-order valence-electron chi connectivity index (χ2n) is 15.5. The summed E-state index contributed by atoms with van der Waals surface area (Å²) in [7, 11) is 0. The zero-order valence-electron chi connectivity index (χ0n) is 34.0. The van der Waals surface area contributed by atoms with E-state index in [9.17, 15) is 0 Å². The van der Waals surface area contributed by atoms with Crippen LogP contribution in [0.5, 0.6) is 0 Å². The topological polar surface area (TPSA) is 13.1 Å². The third-order valence-electron chi connectivity index (χ3n) is 11.8. The van der Waals surface area contributed by atoms with Crippen LogP contribution in [0.15, 0.2) is 253 Å². The van der Waals surface area contributed by atoms with Crippen molar-refractivity contribution in [3.63, 3.8) is 0 Å². The summed E-state index contributed by atoms with van der Waals surface area (Å²) in [4.78, 5) is 0. The standard InChI is InChI=1S/C60H41IO/c1-3-14-44(15-4-1)52-18-7-9-20-54(52)46-32-38-50(39-33-46)61(51-40-34-47(35-41-51)55-21-10-8-19-53(55)45-16-5-2-6-17-45)49-36-30-43(31-37-49)42-26-28-48(29-27-42)56-23-13-24-58-57-22-11-12-25-59(57)62-60(56)58/h1-41H. The summed E-state index contributed by atoms with van der Waals surface area (Å²) in [5.74, 6) is 0. The summed E-state index contributed by atoms with van der Waals surface area (Å²) in [5.41, 5.74) is 16.4. The molecule has 2 heteroatoms. The monoisotopic (exact) mass is 904 g/mol. The van der Waals surface area contributed by atoms with Crippen LogP contribution in [0.2, 0.25) is 0 Å². The molecule has 1 aromatic heterocycles. The molecule has 0 aliphatic heterocycles. The molecular weight excluding hydrogens is 864 g/mol. The number of hydrogen-bond acceptors (Lipinski definition) is 1. The molecule has 11 aromatic rings. The van der Waals surface area contributed by atoms with Gasteiger partial charge in [-0.05, 0) is 6.07 Å². The first-order valence-electron chi connectivity index (χ1n) is 21.1. The second-order valence-corrected chi connectivity index (χ2v) is 20.8. The Labute approximate surface area is 370 Å². The fourth-order valence-electron chi connectivity index (χ4n) is 8.68. The molecule has 1 nitrogen and oxygen atoms in total. The summed E-state index contributed by atoms with van der Waals surface area (Å²) in [6.07, 6.45) is 0. The summed E-state index contributed by atoms with van der Waals surface area (Å²) in [6, 6.07) is 90.7. The van der Waals surface area contributed by atoms with Crippen molar-refractivity contribution < 1.29 is 4.42 Å². The molecule has 0 aliphatic carbocycles. The van der Waals surface area contributed by atoms with Crippen molar-refractivity contribution in [2.24, 2.45) is 0 Å². The molecule has 0 fully saturated rings. The van der Waals surface area contributed by atoms with Gasteiger partial charge in [-0.15, -0.1) is 0 Å². The minimum absolute atomic E-state index is 0.919. The molecule has 0 saturated heterocycles. The van der Waals surface area contributed by atoms with Gasteiger partial charge in [-0.3, -0.25) is 0 Å². The molecule has 0 atom stereocenters. The van der Waals surface area contributed by atoms with Crippen LogP contribution in [-0.4, -0.2) is 0 Å². The Morgan fingerprint density at radius 2 is 0.548 bits per heavy atom. The van der Waals surface area contributed by atoms with Crippen molar-refractivity contribution in [1.29, 1.82) is 0 Å².